The van der Waals surface area contributed by atoms with Crippen LogP contribution in [0.4, 0.5) is 5.69 Å². The molecular formula is C12H18N2O2. The number of carbonyl (C=O) groups is 1. The Morgan fingerprint density at radius 3 is 2.75 bits per heavy atom. The summed E-state index contributed by atoms with van der Waals surface area (Å²) in [5.41, 5.74) is 0.877. The first-order valence-corrected chi connectivity index (χ1v) is 5.45. The number of anilines is 1. The molecule has 1 atom stereocenters. The zero-order valence-electron chi connectivity index (χ0n) is 9.90. The lowest BCUT2D eigenvalue weighted by Crippen LogP contribution is -2.17. The zero-order chi connectivity index (χ0) is 12.1. The minimum Gasteiger partial charge on any atom is -0.477 e. The summed E-state index contributed by atoms with van der Waals surface area (Å²) in [5.74, 6) is -0.386. The minimum atomic E-state index is -1.000. The van der Waals surface area contributed by atoms with E-state index in [9.17, 15) is 4.79 Å². The topological polar surface area (TPSA) is 62.2 Å². The van der Waals surface area contributed by atoms with E-state index in [-0.39, 0.29) is 5.69 Å². The van der Waals surface area contributed by atoms with Gasteiger partial charge in [0.15, 0.2) is 0 Å². The predicted octanol–water partition coefficient (Wildman–Crippen LogP) is 2.63. The van der Waals surface area contributed by atoms with Gasteiger partial charge < -0.3 is 10.4 Å². The number of pyridine rings is 1. The Bertz CT molecular complexity index is 364. The van der Waals surface area contributed by atoms with E-state index in [1.165, 1.54) is 6.20 Å². The number of aromatic carboxylic acids is 1. The molecule has 0 aromatic carbocycles. The summed E-state index contributed by atoms with van der Waals surface area (Å²) < 4.78 is 0. The quantitative estimate of drug-likeness (QED) is 0.804. The molecule has 1 rings (SSSR count). The molecule has 1 unspecified atom stereocenters. The molecular weight excluding hydrogens is 204 g/mol. The van der Waals surface area contributed by atoms with Gasteiger partial charge in [-0.3, -0.25) is 0 Å². The summed E-state index contributed by atoms with van der Waals surface area (Å²) in [7, 11) is 0. The Morgan fingerprint density at radius 2 is 2.19 bits per heavy atom. The Kier molecular flexibility index (Phi) is 4.28. The molecule has 0 aliphatic carbocycles. The highest BCUT2D eigenvalue weighted by Crippen LogP contribution is 2.13. The normalized spacial score (nSPS) is 12.5. The lowest BCUT2D eigenvalue weighted by molar-refractivity contribution is 0.0690. The number of hydrogen-bond donors (Lipinski definition) is 2. The van der Waals surface area contributed by atoms with Crippen LogP contribution >= 0.6 is 0 Å². The number of nitrogens with zero attached hydrogens (tertiary/aromatic N) is 1. The molecule has 0 saturated carbocycles. The molecule has 4 heteroatoms. The first kappa shape index (κ1) is 12.5. The summed E-state index contributed by atoms with van der Waals surface area (Å²) in [5, 5.41) is 12.1. The third-order valence-corrected chi connectivity index (χ3v) is 2.22. The summed E-state index contributed by atoms with van der Waals surface area (Å²) >= 11 is 0. The highest BCUT2D eigenvalue weighted by Gasteiger charge is 2.08. The van der Waals surface area contributed by atoms with Gasteiger partial charge in [0.2, 0.25) is 0 Å². The number of carboxylic acid groups (broad SMARTS) is 1. The Hall–Kier alpha value is -1.58. The summed E-state index contributed by atoms with van der Waals surface area (Å²) in [6, 6.07) is 3.66. The Balaban J connectivity index is 2.66. The maximum atomic E-state index is 10.7. The summed E-state index contributed by atoms with van der Waals surface area (Å²) in [4.78, 5) is 14.5. The fraction of sp³-hybridized carbons (Fsp3) is 0.500. The highest BCUT2D eigenvalue weighted by molar-refractivity contribution is 5.86. The van der Waals surface area contributed by atoms with Crippen LogP contribution in [0.2, 0.25) is 0 Å². The van der Waals surface area contributed by atoms with E-state index in [2.05, 4.69) is 31.1 Å². The van der Waals surface area contributed by atoms with Gasteiger partial charge in [0.25, 0.3) is 0 Å². The van der Waals surface area contributed by atoms with E-state index in [1.807, 2.05) is 0 Å². The van der Waals surface area contributed by atoms with Crippen molar-refractivity contribution in [1.82, 2.24) is 4.98 Å². The molecule has 0 bridgehead atoms. The highest BCUT2D eigenvalue weighted by atomic mass is 16.4. The van der Waals surface area contributed by atoms with E-state index < -0.39 is 5.97 Å². The molecule has 1 heterocycles. The van der Waals surface area contributed by atoms with Gasteiger partial charge in [-0.1, -0.05) is 13.8 Å². The molecule has 4 nitrogen and oxygen atoms in total. The molecule has 0 aliphatic heterocycles. The van der Waals surface area contributed by atoms with E-state index in [0.29, 0.717) is 12.0 Å². The zero-order valence-corrected chi connectivity index (χ0v) is 9.90. The van der Waals surface area contributed by atoms with E-state index in [0.717, 1.165) is 12.1 Å². The summed E-state index contributed by atoms with van der Waals surface area (Å²) in [6.07, 6.45) is 2.55. The van der Waals surface area contributed by atoms with Crippen LogP contribution in [-0.2, 0) is 0 Å². The van der Waals surface area contributed by atoms with Crippen molar-refractivity contribution < 1.29 is 9.90 Å². The largest absolute Gasteiger partial charge is 0.477 e. The van der Waals surface area contributed by atoms with Crippen LogP contribution < -0.4 is 5.32 Å². The van der Waals surface area contributed by atoms with Gasteiger partial charge in [-0.2, -0.15) is 0 Å². The van der Waals surface area contributed by atoms with E-state index in [4.69, 9.17) is 5.11 Å². The first-order chi connectivity index (χ1) is 7.49. The van der Waals surface area contributed by atoms with Gasteiger partial charge in [-0.05, 0) is 31.4 Å². The van der Waals surface area contributed by atoms with Crippen LogP contribution in [0.1, 0.15) is 37.7 Å². The van der Waals surface area contributed by atoms with Crippen molar-refractivity contribution >= 4 is 11.7 Å². The third kappa shape index (κ3) is 3.88. The Morgan fingerprint density at radius 1 is 1.50 bits per heavy atom. The van der Waals surface area contributed by atoms with Crippen molar-refractivity contribution in [3.05, 3.63) is 24.0 Å². The molecule has 0 radical (unpaired) electrons. The summed E-state index contributed by atoms with van der Waals surface area (Å²) in [6.45, 7) is 6.40. The molecule has 0 aliphatic rings. The molecule has 1 aromatic heterocycles. The van der Waals surface area contributed by atoms with Crippen molar-refractivity contribution in [2.24, 2.45) is 5.92 Å². The minimum absolute atomic E-state index is 0.0711. The van der Waals surface area contributed by atoms with Crippen LogP contribution in [-0.4, -0.2) is 22.1 Å². The van der Waals surface area contributed by atoms with Crippen molar-refractivity contribution in [2.75, 3.05) is 5.32 Å². The van der Waals surface area contributed by atoms with Gasteiger partial charge in [-0.15, -0.1) is 0 Å². The number of hydrogen-bond acceptors (Lipinski definition) is 3. The SMILES string of the molecule is CC(C)CC(C)Nc1ccnc(C(=O)O)c1. The standard InChI is InChI=1S/C12H18N2O2/c1-8(2)6-9(3)14-10-4-5-13-11(7-10)12(15)16/h4-5,7-9H,6H2,1-3H3,(H,13,14)(H,15,16). The van der Waals surface area contributed by atoms with Crippen LogP contribution in [0.25, 0.3) is 0 Å². The lowest BCUT2D eigenvalue weighted by atomic mass is 10.1. The van der Waals surface area contributed by atoms with Crippen molar-refractivity contribution in [2.45, 2.75) is 33.2 Å². The van der Waals surface area contributed by atoms with Crippen molar-refractivity contribution in [3.8, 4) is 0 Å². The maximum absolute atomic E-state index is 10.7. The predicted molar refractivity (Wildman–Crippen MR) is 63.7 cm³/mol. The second-order valence-corrected chi connectivity index (χ2v) is 4.41. The average Bonchev–Trinajstić information content (AvgIpc) is 2.16. The molecule has 0 saturated heterocycles. The van der Waals surface area contributed by atoms with Crippen molar-refractivity contribution in [1.29, 1.82) is 0 Å². The lowest BCUT2D eigenvalue weighted by Gasteiger charge is -2.17. The maximum Gasteiger partial charge on any atom is 0.354 e. The van der Waals surface area contributed by atoms with Gasteiger partial charge in [-0.25, -0.2) is 9.78 Å². The van der Waals surface area contributed by atoms with Gasteiger partial charge in [0, 0.05) is 17.9 Å². The molecule has 0 amide bonds. The number of nitrogens with one attached hydrogen (secondary N) is 1. The molecule has 2 N–H and O–H groups in total. The number of aromatic nitrogens is 1. The Labute approximate surface area is 95.7 Å². The third-order valence-electron chi connectivity index (χ3n) is 2.22. The van der Waals surface area contributed by atoms with Crippen LogP contribution in [0.3, 0.4) is 0 Å². The molecule has 0 spiro atoms. The fourth-order valence-electron chi connectivity index (χ4n) is 1.69. The van der Waals surface area contributed by atoms with Crippen molar-refractivity contribution in [3.63, 3.8) is 0 Å². The van der Waals surface area contributed by atoms with E-state index >= 15 is 0 Å². The number of rotatable bonds is 5. The first-order valence-electron chi connectivity index (χ1n) is 5.45. The second kappa shape index (κ2) is 5.49. The van der Waals surface area contributed by atoms with Gasteiger partial charge in [0.05, 0.1) is 0 Å². The van der Waals surface area contributed by atoms with Gasteiger partial charge in [0.1, 0.15) is 5.69 Å². The average molecular weight is 222 g/mol. The number of carboxylic acids is 1. The monoisotopic (exact) mass is 222 g/mol. The van der Waals surface area contributed by atoms with Crippen LogP contribution in [0, 0.1) is 5.92 Å². The molecule has 88 valence electrons. The van der Waals surface area contributed by atoms with Crippen LogP contribution in [0.5, 0.6) is 0 Å². The second-order valence-electron chi connectivity index (χ2n) is 4.41. The molecule has 1 aromatic rings. The smallest absolute Gasteiger partial charge is 0.354 e. The van der Waals surface area contributed by atoms with E-state index in [1.54, 1.807) is 12.1 Å². The fourth-order valence-corrected chi connectivity index (χ4v) is 1.69. The molecule has 0 fully saturated rings. The van der Waals surface area contributed by atoms with Gasteiger partial charge >= 0.3 is 5.97 Å². The van der Waals surface area contributed by atoms with Crippen LogP contribution in [0.15, 0.2) is 18.3 Å². The molecule has 16 heavy (non-hydrogen) atoms.